The predicted octanol–water partition coefficient (Wildman–Crippen LogP) is 2.78. The number of hydrogen-bond acceptors (Lipinski definition) is 6. The van der Waals surface area contributed by atoms with E-state index in [2.05, 4.69) is 13.8 Å². The van der Waals surface area contributed by atoms with Gasteiger partial charge in [-0.25, -0.2) is 0 Å². The molecule has 0 radical (unpaired) electrons. The molecule has 4 aliphatic rings. The maximum Gasteiger partial charge on any atom is 0.306 e. The summed E-state index contributed by atoms with van der Waals surface area (Å²) in [5.41, 5.74) is 0.755. The molecule has 7 atom stereocenters. The van der Waals surface area contributed by atoms with Crippen LogP contribution in [0.2, 0.25) is 0 Å². The lowest BCUT2D eigenvalue weighted by Crippen LogP contribution is -2.58. The molecule has 3 saturated carbocycles. The van der Waals surface area contributed by atoms with Crippen molar-refractivity contribution in [2.45, 2.75) is 84.7 Å². The average Bonchev–Trinajstić information content (AvgIpc) is 3.03. The van der Waals surface area contributed by atoms with Gasteiger partial charge in [0.1, 0.15) is 11.9 Å². The summed E-state index contributed by atoms with van der Waals surface area (Å²) >= 11 is 0. The summed E-state index contributed by atoms with van der Waals surface area (Å²) in [6.45, 7) is 6.07. The first-order chi connectivity index (χ1) is 14.6. The number of carbonyl (C=O) groups is 4. The van der Waals surface area contributed by atoms with Crippen LogP contribution < -0.4 is 5.11 Å². The minimum Gasteiger partial charge on any atom is -0.550 e. The van der Waals surface area contributed by atoms with E-state index in [1.807, 2.05) is 6.08 Å². The maximum absolute atomic E-state index is 12.6. The topological polar surface area (TPSA) is 101 Å². The lowest BCUT2D eigenvalue weighted by Gasteiger charge is -2.60. The zero-order valence-electron chi connectivity index (χ0n) is 18.8. The molecular formula is C25H33O6-. The van der Waals surface area contributed by atoms with Gasteiger partial charge in [0.05, 0.1) is 6.42 Å². The van der Waals surface area contributed by atoms with Crippen molar-refractivity contribution in [2.75, 3.05) is 0 Å². The predicted molar refractivity (Wildman–Crippen MR) is 110 cm³/mol. The number of carbonyl (C=O) groups excluding carboxylic acids is 4. The second-order valence-corrected chi connectivity index (χ2v) is 10.7. The number of fused-ring (bicyclic) bond motifs is 5. The van der Waals surface area contributed by atoms with Crippen molar-refractivity contribution in [1.82, 2.24) is 0 Å². The summed E-state index contributed by atoms with van der Waals surface area (Å²) in [7, 11) is 0. The van der Waals surface area contributed by atoms with Crippen LogP contribution in [0.1, 0.15) is 78.6 Å². The number of rotatable bonds is 5. The molecule has 3 fully saturated rings. The number of allylic oxidation sites excluding steroid dienone is 1. The van der Waals surface area contributed by atoms with Crippen LogP contribution >= 0.6 is 0 Å². The molecule has 0 aromatic carbocycles. The fourth-order valence-corrected chi connectivity index (χ4v) is 7.86. The summed E-state index contributed by atoms with van der Waals surface area (Å²) in [6, 6.07) is 0. The Balaban J connectivity index is 1.70. The number of ether oxygens (including phenoxy) is 1. The van der Waals surface area contributed by atoms with Gasteiger partial charge in [0, 0.05) is 24.2 Å². The summed E-state index contributed by atoms with van der Waals surface area (Å²) in [6.07, 6.45) is 6.48. The maximum atomic E-state index is 12.6. The Morgan fingerprint density at radius 2 is 1.87 bits per heavy atom. The van der Waals surface area contributed by atoms with Crippen LogP contribution in [0.4, 0.5) is 0 Å². The van der Waals surface area contributed by atoms with Crippen LogP contribution in [0.5, 0.6) is 0 Å². The van der Waals surface area contributed by atoms with Gasteiger partial charge in [-0.15, -0.1) is 0 Å². The number of Topliss-reactive ketones (excluding diaryl/α,β-unsaturated/α-hetero) is 1. The molecule has 0 spiro atoms. The highest BCUT2D eigenvalue weighted by atomic mass is 16.5. The molecule has 0 unspecified atom stereocenters. The minimum atomic E-state index is -1.27. The number of hydrogen-bond donors (Lipinski definition) is 0. The Labute approximate surface area is 183 Å². The van der Waals surface area contributed by atoms with Gasteiger partial charge in [0.2, 0.25) is 0 Å². The highest BCUT2D eigenvalue weighted by Gasteiger charge is 2.63. The molecule has 4 aliphatic carbocycles. The molecular weight excluding hydrogens is 396 g/mol. The van der Waals surface area contributed by atoms with E-state index in [9.17, 15) is 24.3 Å². The van der Waals surface area contributed by atoms with Crippen molar-refractivity contribution < 1.29 is 29.0 Å². The van der Waals surface area contributed by atoms with E-state index in [-0.39, 0.29) is 53.2 Å². The van der Waals surface area contributed by atoms with E-state index in [1.54, 1.807) is 6.92 Å². The van der Waals surface area contributed by atoms with E-state index >= 15 is 0 Å². The molecule has 0 saturated heterocycles. The third-order valence-electron chi connectivity index (χ3n) is 9.18. The smallest absolute Gasteiger partial charge is 0.306 e. The van der Waals surface area contributed by atoms with E-state index in [1.165, 1.54) is 5.57 Å². The molecule has 6 heteroatoms. The number of carboxylic acid groups (broad SMARTS) is 1. The third-order valence-corrected chi connectivity index (χ3v) is 9.18. The van der Waals surface area contributed by atoms with Crippen molar-refractivity contribution in [3.8, 4) is 0 Å². The molecule has 170 valence electrons. The largest absolute Gasteiger partial charge is 0.550 e. The lowest BCUT2D eigenvalue weighted by atomic mass is 9.46. The van der Waals surface area contributed by atoms with Crippen LogP contribution in [-0.4, -0.2) is 29.6 Å². The van der Waals surface area contributed by atoms with Gasteiger partial charge in [-0.05, 0) is 80.6 Å². The molecule has 0 aliphatic heterocycles. The van der Waals surface area contributed by atoms with Gasteiger partial charge in [0.25, 0.3) is 0 Å². The second-order valence-electron chi connectivity index (χ2n) is 10.7. The first kappa shape index (κ1) is 22.2. The van der Waals surface area contributed by atoms with Gasteiger partial charge >= 0.3 is 5.97 Å². The Hall–Kier alpha value is -1.98. The first-order valence-corrected chi connectivity index (χ1v) is 11.7. The van der Waals surface area contributed by atoms with Gasteiger partial charge in [-0.2, -0.15) is 0 Å². The van der Waals surface area contributed by atoms with Gasteiger partial charge in [0.15, 0.2) is 5.78 Å². The van der Waals surface area contributed by atoms with Crippen molar-refractivity contribution in [3.63, 3.8) is 0 Å². The van der Waals surface area contributed by atoms with E-state index in [0.29, 0.717) is 24.7 Å². The summed E-state index contributed by atoms with van der Waals surface area (Å²) in [5, 5.41) is 10.8. The van der Waals surface area contributed by atoms with Crippen LogP contribution in [-0.2, 0) is 23.9 Å². The standard InChI is InChI=1S/C25H34O6/c1-14(26)18-6-7-19-17-5-4-15-12-16(27)10-11-24(15,2)23(17)20(13-25(18,19)3)31-22(30)9-8-21(28)29/h12,17-20,23H,4-11,13H2,1-3H3,(H,28,29)/p-1/t17-,18-,19+,20+,23-,24-,25+/m0/s1. The zero-order chi connectivity index (χ0) is 22.6. The highest BCUT2D eigenvalue weighted by molar-refractivity contribution is 5.91. The van der Waals surface area contributed by atoms with Gasteiger partial charge in [-0.1, -0.05) is 19.4 Å². The fraction of sp³-hybridized carbons (Fsp3) is 0.760. The Morgan fingerprint density at radius 3 is 2.55 bits per heavy atom. The molecule has 0 bridgehead atoms. The van der Waals surface area contributed by atoms with E-state index in [4.69, 9.17) is 4.74 Å². The van der Waals surface area contributed by atoms with Crippen molar-refractivity contribution in [3.05, 3.63) is 11.6 Å². The normalized spacial score (nSPS) is 41.5. The molecule has 0 aromatic rings. The minimum absolute atomic E-state index is 0.0273. The number of esters is 1. The van der Waals surface area contributed by atoms with Gasteiger partial charge < -0.3 is 14.6 Å². The van der Waals surface area contributed by atoms with Crippen LogP contribution in [0, 0.1) is 34.5 Å². The monoisotopic (exact) mass is 429 g/mol. The van der Waals surface area contributed by atoms with E-state index in [0.717, 1.165) is 32.1 Å². The van der Waals surface area contributed by atoms with Crippen molar-refractivity contribution in [1.29, 1.82) is 0 Å². The second kappa shape index (κ2) is 7.86. The highest BCUT2D eigenvalue weighted by Crippen LogP contribution is 2.67. The summed E-state index contributed by atoms with van der Waals surface area (Å²) in [5.74, 6) is -0.602. The SMILES string of the molecule is CC(=O)[C@@H]1CC[C@@H]2[C@@H]3CCC4=CC(=O)CC[C@]4(C)[C@@H]3[C@H](OC(=O)CCC(=O)[O-])C[C@@]21C. The molecule has 4 rings (SSSR count). The molecule has 0 amide bonds. The summed E-state index contributed by atoms with van der Waals surface area (Å²) in [4.78, 5) is 48.0. The summed E-state index contributed by atoms with van der Waals surface area (Å²) < 4.78 is 6.00. The van der Waals surface area contributed by atoms with Crippen LogP contribution in [0.25, 0.3) is 0 Å². The fourth-order valence-electron chi connectivity index (χ4n) is 7.86. The molecule has 6 nitrogen and oxygen atoms in total. The first-order valence-electron chi connectivity index (χ1n) is 11.7. The Kier molecular flexibility index (Phi) is 5.63. The number of aliphatic carboxylic acids is 1. The molecule has 0 heterocycles. The van der Waals surface area contributed by atoms with Gasteiger partial charge in [-0.3, -0.25) is 14.4 Å². The third kappa shape index (κ3) is 3.66. The van der Waals surface area contributed by atoms with E-state index < -0.39 is 11.9 Å². The molecule has 0 N–H and O–H groups in total. The zero-order valence-corrected chi connectivity index (χ0v) is 18.8. The number of ketones is 2. The molecule has 31 heavy (non-hydrogen) atoms. The van der Waals surface area contributed by atoms with Crippen molar-refractivity contribution >= 4 is 23.5 Å². The van der Waals surface area contributed by atoms with Crippen LogP contribution in [0.15, 0.2) is 11.6 Å². The number of carboxylic acids is 1. The average molecular weight is 430 g/mol. The van der Waals surface area contributed by atoms with Crippen molar-refractivity contribution in [2.24, 2.45) is 34.5 Å². The Morgan fingerprint density at radius 1 is 1.13 bits per heavy atom. The quantitative estimate of drug-likeness (QED) is 0.623. The molecule has 0 aromatic heterocycles. The Bertz CT molecular complexity index is 843. The van der Waals surface area contributed by atoms with Crippen LogP contribution in [0.3, 0.4) is 0 Å². The lowest BCUT2D eigenvalue weighted by molar-refractivity contribution is -0.305.